The number of nitro groups is 1. The van der Waals surface area contributed by atoms with Gasteiger partial charge in [-0.3, -0.25) is 29.9 Å². The first-order valence-electron chi connectivity index (χ1n) is 10.1. The van der Waals surface area contributed by atoms with Gasteiger partial charge in [-0.2, -0.15) is 0 Å². The molecule has 2 aromatic rings. The van der Waals surface area contributed by atoms with E-state index in [4.69, 9.17) is 21.7 Å². The molecule has 2 amide bonds. The van der Waals surface area contributed by atoms with Crippen molar-refractivity contribution in [3.63, 3.8) is 0 Å². The Bertz CT molecular complexity index is 1200. The Morgan fingerprint density at radius 1 is 1.21 bits per heavy atom. The SMILES string of the molecule is C=CCN1C(=O)/C(=C/c2cc(OCC)c(OCc3ccc([N+](=O)[O-])cc3)cc2Br)C(=O)NC1=S. The van der Waals surface area contributed by atoms with E-state index in [2.05, 4.69) is 27.8 Å². The molecule has 0 unspecified atom stereocenters. The molecule has 1 aliphatic rings. The number of non-ortho nitro benzene ring substituents is 1. The maximum absolute atomic E-state index is 12.8. The summed E-state index contributed by atoms with van der Waals surface area (Å²) in [6.07, 6.45) is 2.96. The molecule has 9 nitrogen and oxygen atoms in total. The summed E-state index contributed by atoms with van der Waals surface area (Å²) in [5.41, 5.74) is 1.17. The van der Waals surface area contributed by atoms with Gasteiger partial charge in [0, 0.05) is 23.2 Å². The number of carbonyl (C=O) groups is 2. The molecule has 1 saturated heterocycles. The lowest BCUT2D eigenvalue weighted by Gasteiger charge is -2.27. The van der Waals surface area contributed by atoms with Crippen molar-refractivity contribution in [2.75, 3.05) is 13.2 Å². The van der Waals surface area contributed by atoms with Gasteiger partial charge in [0.2, 0.25) is 0 Å². The van der Waals surface area contributed by atoms with Crippen LogP contribution in [0.1, 0.15) is 18.1 Å². The van der Waals surface area contributed by atoms with Crippen molar-refractivity contribution in [3.05, 3.63) is 80.3 Å². The van der Waals surface area contributed by atoms with E-state index in [0.29, 0.717) is 28.1 Å². The Morgan fingerprint density at radius 3 is 2.50 bits per heavy atom. The van der Waals surface area contributed by atoms with Gasteiger partial charge < -0.3 is 9.47 Å². The first kappa shape index (κ1) is 25.1. The van der Waals surface area contributed by atoms with Crippen LogP contribution in [0.2, 0.25) is 0 Å². The largest absolute Gasteiger partial charge is 0.490 e. The Kier molecular flexibility index (Phi) is 8.13. The molecule has 176 valence electrons. The monoisotopic (exact) mass is 545 g/mol. The first-order valence-corrected chi connectivity index (χ1v) is 11.3. The average Bonchev–Trinajstić information content (AvgIpc) is 2.80. The Morgan fingerprint density at radius 2 is 1.88 bits per heavy atom. The first-order chi connectivity index (χ1) is 16.2. The summed E-state index contributed by atoms with van der Waals surface area (Å²) in [4.78, 5) is 36.8. The highest BCUT2D eigenvalue weighted by molar-refractivity contribution is 9.10. The Hall–Kier alpha value is -3.57. The van der Waals surface area contributed by atoms with E-state index < -0.39 is 16.7 Å². The van der Waals surface area contributed by atoms with Crippen LogP contribution >= 0.6 is 28.1 Å². The van der Waals surface area contributed by atoms with Crippen molar-refractivity contribution in [1.82, 2.24) is 10.2 Å². The lowest BCUT2D eigenvalue weighted by atomic mass is 10.1. The molecule has 0 saturated carbocycles. The standard InChI is InChI=1S/C23H20BrN3O6S/c1-3-9-26-22(29)17(21(28)25-23(26)34)10-15-11-19(32-4-2)20(12-18(15)24)33-13-14-5-7-16(8-6-14)27(30)31/h3,5-8,10-12H,1,4,9,13H2,2H3,(H,25,28,34)/b17-10+. The van der Waals surface area contributed by atoms with Crippen LogP contribution in [0.5, 0.6) is 11.5 Å². The van der Waals surface area contributed by atoms with Crippen LogP contribution in [0.25, 0.3) is 6.08 Å². The fraction of sp³-hybridized carbons (Fsp3) is 0.174. The fourth-order valence-electron chi connectivity index (χ4n) is 3.06. The highest BCUT2D eigenvalue weighted by Gasteiger charge is 2.32. The number of carbonyl (C=O) groups excluding carboxylic acids is 2. The molecule has 34 heavy (non-hydrogen) atoms. The van der Waals surface area contributed by atoms with Crippen molar-refractivity contribution >= 4 is 56.8 Å². The van der Waals surface area contributed by atoms with Gasteiger partial charge >= 0.3 is 0 Å². The van der Waals surface area contributed by atoms with Crippen molar-refractivity contribution < 1.29 is 24.0 Å². The maximum Gasteiger partial charge on any atom is 0.269 e. The number of hydrogen-bond donors (Lipinski definition) is 1. The van der Waals surface area contributed by atoms with E-state index in [1.807, 2.05) is 6.92 Å². The molecule has 3 rings (SSSR count). The topological polar surface area (TPSA) is 111 Å². The van der Waals surface area contributed by atoms with E-state index in [-0.39, 0.29) is 29.5 Å². The number of halogens is 1. The molecule has 0 aromatic heterocycles. The van der Waals surface area contributed by atoms with Gasteiger partial charge in [-0.15, -0.1) is 6.58 Å². The molecular formula is C23H20BrN3O6S. The summed E-state index contributed by atoms with van der Waals surface area (Å²) < 4.78 is 12.1. The van der Waals surface area contributed by atoms with E-state index in [1.165, 1.54) is 29.2 Å². The minimum absolute atomic E-state index is 0.00685. The summed E-state index contributed by atoms with van der Waals surface area (Å²) >= 11 is 8.53. The molecule has 2 aromatic carbocycles. The molecule has 0 spiro atoms. The summed E-state index contributed by atoms with van der Waals surface area (Å²) in [7, 11) is 0. The number of nitrogens with zero attached hydrogens (tertiary/aromatic N) is 2. The van der Waals surface area contributed by atoms with Gasteiger partial charge in [-0.25, -0.2) is 0 Å². The third-order valence-electron chi connectivity index (χ3n) is 4.70. The van der Waals surface area contributed by atoms with Crippen molar-refractivity contribution in [2.45, 2.75) is 13.5 Å². The second kappa shape index (κ2) is 11.0. The summed E-state index contributed by atoms with van der Waals surface area (Å²) in [5.74, 6) is -0.305. The van der Waals surface area contributed by atoms with Gasteiger partial charge in [-0.05, 0) is 60.6 Å². The second-order valence-corrected chi connectivity index (χ2v) is 8.23. The van der Waals surface area contributed by atoms with Gasteiger partial charge in [0.05, 0.1) is 11.5 Å². The van der Waals surface area contributed by atoms with E-state index in [9.17, 15) is 19.7 Å². The third-order valence-corrected chi connectivity index (χ3v) is 5.71. The van der Waals surface area contributed by atoms with Crippen LogP contribution in [-0.4, -0.2) is 39.9 Å². The summed E-state index contributed by atoms with van der Waals surface area (Å²) in [5, 5.41) is 13.3. The molecule has 0 atom stereocenters. The molecule has 1 aliphatic heterocycles. The molecule has 1 fully saturated rings. The number of nitro benzene ring substituents is 1. The maximum atomic E-state index is 12.8. The lowest BCUT2D eigenvalue weighted by Crippen LogP contribution is -2.53. The van der Waals surface area contributed by atoms with Gasteiger partial charge in [0.1, 0.15) is 12.2 Å². The zero-order valence-electron chi connectivity index (χ0n) is 18.1. The van der Waals surface area contributed by atoms with Crippen molar-refractivity contribution in [1.29, 1.82) is 0 Å². The summed E-state index contributed by atoms with van der Waals surface area (Å²) in [6, 6.07) is 9.34. The second-order valence-electron chi connectivity index (χ2n) is 6.99. The molecule has 0 bridgehead atoms. The predicted molar refractivity (Wildman–Crippen MR) is 133 cm³/mol. The van der Waals surface area contributed by atoms with Crippen LogP contribution in [0.3, 0.4) is 0 Å². The molecule has 0 aliphatic carbocycles. The van der Waals surface area contributed by atoms with Gasteiger partial charge in [0.15, 0.2) is 16.6 Å². The van der Waals surface area contributed by atoms with Gasteiger partial charge in [-0.1, -0.05) is 22.0 Å². The van der Waals surface area contributed by atoms with Crippen LogP contribution in [0.15, 0.2) is 59.1 Å². The van der Waals surface area contributed by atoms with E-state index >= 15 is 0 Å². The zero-order chi connectivity index (χ0) is 24.8. The van der Waals surface area contributed by atoms with E-state index in [0.717, 1.165) is 5.56 Å². The van der Waals surface area contributed by atoms with Crippen LogP contribution in [0.4, 0.5) is 5.69 Å². The molecular weight excluding hydrogens is 526 g/mol. The van der Waals surface area contributed by atoms with Gasteiger partial charge in [0.25, 0.3) is 17.5 Å². The van der Waals surface area contributed by atoms with Crippen molar-refractivity contribution in [3.8, 4) is 11.5 Å². The normalized spacial score (nSPS) is 14.7. The number of nitrogens with one attached hydrogen (secondary N) is 1. The van der Waals surface area contributed by atoms with E-state index in [1.54, 1.807) is 24.3 Å². The van der Waals surface area contributed by atoms with Crippen molar-refractivity contribution in [2.24, 2.45) is 0 Å². The molecule has 1 N–H and O–H groups in total. The highest BCUT2D eigenvalue weighted by Crippen LogP contribution is 2.36. The van der Waals surface area contributed by atoms with Crippen LogP contribution < -0.4 is 14.8 Å². The minimum atomic E-state index is -0.598. The molecule has 1 heterocycles. The lowest BCUT2D eigenvalue weighted by molar-refractivity contribution is -0.384. The highest BCUT2D eigenvalue weighted by atomic mass is 79.9. The summed E-state index contributed by atoms with van der Waals surface area (Å²) in [6.45, 7) is 6.09. The quantitative estimate of drug-likeness (QED) is 0.126. The molecule has 11 heteroatoms. The minimum Gasteiger partial charge on any atom is -0.490 e. The Labute approximate surface area is 209 Å². The van der Waals surface area contributed by atoms with Crippen LogP contribution in [0, 0.1) is 10.1 Å². The number of benzene rings is 2. The Balaban J connectivity index is 1.88. The number of rotatable bonds is 9. The number of hydrogen-bond acceptors (Lipinski definition) is 7. The zero-order valence-corrected chi connectivity index (χ0v) is 20.5. The third kappa shape index (κ3) is 5.67. The molecule has 0 radical (unpaired) electrons. The average molecular weight is 546 g/mol. The predicted octanol–water partition coefficient (Wildman–Crippen LogP) is 4.15. The van der Waals surface area contributed by atoms with Crippen LogP contribution in [-0.2, 0) is 16.2 Å². The number of amides is 2. The smallest absolute Gasteiger partial charge is 0.269 e. The number of ether oxygens (including phenoxy) is 2. The fourth-order valence-corrected chi connectivity index (χ4v) is 3.75. The number of thiocarbonyl (C=S) groups is 1.